The molecular weight excluding hydrogens is 288 g/mol. The van der Waals surface area contributed by atoms with E-state index in [0.717, 1.165) is 18.4 Å². The molecule has 0 bridgehead atoms. The third-order valence-corrected chi connectivity index (χ3v) is 4.37. The van der Waals surface area contributed by atoms with Crippen LogP contribution >= 0.6 is 11.6 Å². The molecule has 3 rings (SSSR count). The summed E-state index contributed by atoms with van der Waals surface area (Å²) in [5.41, 5.74) is 0.753. The first-order chi connectivity index (χ1) is 10.0. The van der Waals surface area contributed by atoms with Crippen LogP contribution in [0.1, 0.15) is 38.4 Å². The quantitative estimate of drug-likeness (QED) is 0.909. The molecule has 1 aliphatic carbocycles. The summed E-state index contributed by atoms with van der Waals surface area (Å²) in [5.74, 6) is 0.204. The molecule has 1 aliphatic heterocycles. The number of ether oxygens (including phenoxy) is 1. The van der Waals surface area contributed by atoms with E-state index < -0.39 is 0 Å². The highest BCUT2D eigenvalue weighted by Crippen LogP contribution is 2.45. The molecule has 21 heavy (non-hydrogen) atoms. The maximum Gasteiger partial charge on any atom is 0.244 e. The second kappa shape index (κ2) is 5.59. The predicted molar refractivity (Wildman–Crippen MR) is 82.1 cm³/mol. The maximum absolute atomic E-state index is 12.6. The van der Waals surface area contributed by atoms with E-state index in [1.54, 1.807) is 0 Å². The standard InChI is InChI=1S/C16H21ClN2O2/c1-11(2)21-10-9-19-14(12-3-5-13(17)6-4-12)18-16(7-8-16)15(19)20/h3-6,11,14,18H,7-10H2,1-2H3. The molecule has 2 aliphatic rings. The molecule has 2 fully saturated rings. The minimum atomic E-state index is -0.317. The van der Waals surface area contributed by atoms with Crippen molar-refractivity contribution in [2.24, 2.45) is 0 Å². The van der Waals surface area contributed by atoms with Crippen LogP contribution in [-0.2, 0) is 9.53 Å². The van der Waals surface area contributed by atoms with Crippen molar-refractivity contribution in [1.82, 2.24) is 10.2 Å². The molecule has 0 radical (unpaired) electrons. The number of benzene rings is 1. The van der Waals surface area contributed by atoms with Crippen molar-refractivity contribution < 1.29 is 9.53 Å². The normalized spacial score (nSPS) is 23.3. The highest BCUT2D eigenvalue weighted by atomic mass is 35.5. The highest BCUT2D eigenvalue weighted by Gasteiger charge is 2.59. The Balaban J connectivity index is 1.76. The third kappa shape index (κ3) is 2.93. The second-order valence-electron chi connectivity index (χ2n) is 6.10. The van der Waals surface area contributed by atoms with Gasteiger partial charge in [0.1, 0.15) is 11.7 Å². The topological polar surface area (TPSA) is 41.6 Å². The summed E-state index contributed by atoms with van der Waals surface area (Å²) in [4.78, 5) is 14.5. The van der Waals surface area contributed by atoms with Gasteiger partial charge >= 0.3 is 0 Å². The zero-order valence-corrected chi connectivity index (χ0v) is 13.2. The van der Waals surface area contributed by atoms with Gasteiger partial charge in [0.15, 0.2) is 0 Å². The van der Waals surface area contributed by atoms with Crippen molar-refractivity contribution in [3.63, 3.8) is 0 Å². The van der Waals surface area contributed by atoms with E-state index >= 15 is 0 Å². The Morgan fingerprint density at radius 2 is 2.05 bits per heavy atom. The fourth-order valence-electron chi connectivity index (χ4n) is 2.80. The number of carbonyl (C=O) groups is 1. The number of nitrogens with zero attached hydrogens (tertiary/aromatic N) is 1. The van der Waals surface area contributed by atoms with Gasteiger partial charge in [-0.2, -0.15) is 0 Å². The molecule has 1 aromatic carbocycles. The van der Waals surface area contributed by atoms with Crippen LogP contribution in [0.3, 0.4) is 0 Å². The first-order valence-electron chi connectivity index (χ1n) is 7.48. The Bertz CT molecular complexity index is 526. The van der Waals surface area contributed by atoms with E-state index in [4.69, 9.17) is 16.3 Å². The highest BCUT2D eigenvalue weighted by molar-refractivity contribution is 6.30. The lowest BCUT2D eigenvalue weighted by molar-refractivity contribution is -0.131. The molecule has 1 N–H and O–H groups in total. The van der Waals surface area contributed by atoms with Crippen LogP contribution in [0.2, 0.25) is 5.02 Å². The van der Waals surface area contributed by atoms with Crippen LogP contribution in [0, 0.1) is 0 Å². The molecule has 1 saturated heterocycles. The molecular formula is C16H21ClN2O2. The maximum atomic E-state index is 12.6. The van der Waals surface area contributed by atoms with Gasteiger partial charge in [0.25, 0.3) is 0 Å². The average Bonchev–Trinajstić information content (AvgIpc) is 3.17. The Hall–Kier alpha value is -1.10. The van der Waals surface area contributed by atoms with E-state index in [9.17, 15) is 4.79 Å². The summed E-state index contributed by atoms with van der Waals surface area (Å²) in [5, 5.41) is 4.20. The summed E-state index contributed by atoms with van der Waals surface area (Å²) < 4.78 is 5.60. The van der Waals surface area contributed by atoms with Gasteiger partial charge in [0.2, 0.25) is 5.91 Å². The number of halogens is 1. The van der Waals surface area contributed by atoms with Crippen LogP contribution in [0.25, 0.3) is 0 Å². The fraction of sp³-hybridized carbons (Fsp3) is 0.562. The van der Waals surface area contributed by atoms with Gasteiger partial charge in [0, 0.05) is 11.6 Å². The average molecular weight is 309 g/mol. The Morgan fingerprint density at radius 3 is 2.62 bits per heavy atom. The van der Waals surface area contributed by atoms with Gasteiger partial charge in [-0.1, -0.05) is 23.7 Å². The predicted octanol–water partition coefficient (Wildman–Crippen LogP) is 2.73. The van der Waals surface area contributed by atoms with Gasteiger partial charge in [0.05, 0.1) is 12.7 Å². The van der Waals surface area contributed by atoms with Crippen LogP contribution < -0.4 is 5.32 Å². The zero-order valence-electron chi connectivity index (χ0n) is 12.4. The first kappa shape index (κ1) is 14.8. The van der Waals surface area contributed by atoms with Crippen molar-refractivity contribution in [3.05, 3.63) is 34.9 Å². The van der Waals surface area contributed by atoms with Crippen LogP contribution in [0.5, 0.6) is 0 Å². The number of rotatable bonds is 5. The lowest BCUT2D eigenvalue weighted by Gasteiger charge is -2.25. The van der Waals surface area contributed by atoms with Crippen molar-refractivity contribution >= 4 is 17.5 Å². The van der Waals surface area contributed by atoms with Crippen molar-refractivity contribution in [3.8, 4) is 0 Å². The monoisotopic (exact) mass is 308 g/mol. The van der Waals surface area contributed by atoms with Gasteiger partial charge in [-0.25, -0.2) is 0 Å². The second-order valence-corrected chi connectivity index (χ2v) is 6.54. The Labute approximate surface area is 130 Å². The minimum absolute atomic E-state index is 0.0759. The lowest BCUT2D eigenvalue weighted by atomic mass is 10.1. The van der Waals surface area contributed by atoms with E-state index in [1.807, 2.05) is 43.0 Å². The van der Waals surface area contributed by atoms with E-state index in [2.05, 4.69) is 5.32 Å². The van der Waals surface area contributed by atoms with E-state index in [0.29, 0.717) is 18.2 Å². The smallest absolute Gasteiger partial charge is 0.244 e. The van der Waals surface area contributed by atoms with E-state index in [-0.39, 0.29) is 23.7 Å². The van der Waals surface area contributed by atoms with E-state index in [1.165, 1.54) is 0 Å². The largest absolute Gasteiger partial charge is 0.377 e. The molecule has 1 saturated carbocycles. The number of amides is 1. The summed E-state index contributed by atoms with van der Waals surface area (Å²) in [7, 11) is 0. The fourth-order valence-corrected chi connectivity index (χ4v) is 2.93. The molecule has 1 heterocycles. The summed E-state index contributed by atoms with van der Waals surface area (Å²) in [6, 6.07) is 7.68. The summed E-state index contributed by atoms with van der Waals surface area (Å²) in [6.45, 7) is 5.18. The van der Waals surface area contributed by atoms with Crippen LogP contribution in [-0.4, -0.2) is 35.6 Å². The number of nitrogens with one attached hydrogen (secondary N) is 1. The van der Waals surface area contributed by atoms with Crippen molar-refractivity contribution in [1.29, 1.82) is 0 Å². The summed E-state index contributed by atoms with van der Waals surface area (Å²) in [6.07, 6.45) is 1.96. The number of hydrogen-bond acceptors (Lipinski definition) is 3. The molecule has 1 aromatic rings. The number of hydrogen-bond donors (Lipinski definition) is 1. The zero-order chi connectivity index (χ0) is 15.0. The van der Waals surface area contributed by atoms with Crippen molar-refractivity contribution in [2.45, 2.75) is 44.5 Å². The molecule has 1 amide bonds. The van der Waals surface area contributed by atoms with Crippen LogP contribution in [0.4, 0.5) is 0 Å². The minimum Gasteiger partial charge on any atom is -0.377 e. The number of carbonyl (C=O) groups excluding carboxylic acids is 1. The Kier molecular flexibility index (Phi) is 3.95. The molecule has 1 atom stereocenters. The molecule has 1 unspecified atom stereocenters. The lowest BCUT2D eigenvalue weighted by Crippen LogP contribution is -2.35. The SMILES string of the molecule is CC(C)OCCN1C(=O)C2(CC2)NC1c1ccc(Cl)cc1. The van der Waals surface area contributed by atoms with Gasteiger partial charge < -0.3 is 9.64 Å². The van der Waals surface area contributed by atoms with Gasteiger partial charge in [-0.05, 0) is 44.4 Å². The Morgan fingerprint density at radius 1 is 1.38 bits per heavy atom. The molecule has 4 nitrogen and oxygen atoms in total. The van der Waals surface area contributed by atoms with Gasteiger partial charge in [-0.15, -0.1) is 0 Å². The molecule has 5 heteroatoms. The first-order valence-corrected chi connectivity index (χ1v) is 7.85. The van der Waals surface area contributed by atoms with Gasteiger partial charge in [-0.3, -0.25) is 10.1 Å². The van der Waals surface area contributed by atoms with Crippen molar-refractivity contribution in [2.75, 3.05) is 13.2 Å². The van der Waals surface area contributed by atoms with Crippen LogP contribution in [0.15, 0.2) is 24.3 Å². The third-order valence-electron chi connectivity index (χ3n) is 4.11. The molecule has 114 valence electrons. The molecule has 0 aromatic heterocycles. The summed E-state index contributed by atoms with van der Waals surface area (Å²) >= 11 is 5.95. The molecule has 1 spiro atoms.